The van der Waals surface area contributed by atoms with Crippen LogP contribution in [0.1, 0.15) is 24.1 Å². The summed E-state index contributed by atoms with van der Waals surface area (Å²) in [6.07, 6.45) is 0. The molecule has 3 rings (SSSR count). The van der Waals surface area contributed by atoms with E-state index in [9.17, 15) is 4.79 Å². The molecule has 0 saturated carbocycles. The topological polar surface area (TPSA) is 60.7 Å². The van der Waals surface area contributed by atoms with Crippen LogP contribution in [0.2, 0.25) is 0 Å². The monoisotopic (exact) mass is 345 g/mol. The fourth-order valence-corrected chi connectivity index (χ4v) is 2.75. The summed E-state index contributed by atoms with van der Waals surface area (Å²) in [5.41, 5.74) is 4.90. The van der Waals surface area contributed by atoms with Gasteiger partial charge in [0, 0.05) is 16.2 Å². The molecule has 1 atom stereocenters. The van der Waals surface area contributed by atoms with E-state index in [0.717, 1.165) is 26.8 Å². The Bertz CT molecular complexity index is 850. The molecule has 0 aliphatic carbocycles. The molecule has 0 bridgehead atoms. The highest BCUT2D eigenvalue weighted by Gasteiger charge is 2.09. The Morgan fingerprint density at radius 1 is 1.10 bits per heavy atom. The van der Waals surface area contributed by atoms with Gasteiger partial charge in [-0.25, -0.2) is 4.79 Å². The van der Waals surface area contributed by atoms with Crippen LogP contribution in [0.15, 0.2) is 45.7 Å². The Morgan fingerprint density at radius 2 is 1.86 bits per heavy atom. The lowest BCUT2D eigenvalue weighted by Crippen LogP contribution is -2.07. The third-order valence-electron chi connectivity index (χ3n) is 3.61. The van der Waals surface area contributed by atoms with Crippen LogP contribution >= 0.6 is 15.9 Å². The number of benzene rings is 2. The zero-order valence-electron chi connectivity index (χ0n) is 11.8. The molecule has 0 fully saturated rings. The number of fused-ring (bicyclic) bond motifs is 1. The van der Waals surface area contributed by atoms with Crippen LogP contribution in [-0.2, 0) is 0 Å². The Balaban J connectivity index is 1.90. The number of hydrogen-bond donors (Lipinski definition) is 3. The fraction of sp³-hybridized carbons (Fsp3) is 0.188. The summed E-state index contributed by atoms with van der Waals surface area (Å²) < 4.78 is 1.05. The van der Waals surface area contributed by atoms with Gasteiger partial charge in [0.25, 0.3) is 0 Å². The van der Waals surface area contributed by atoms with Crippen LogP contribution in [0.25, 0.3) is 11.0 Å². The molecular weight excluding hydrogens is 330 g/mol. The molecule has 1 heterocycles. The number of aryl methyl sites for hydroxylation is 1. The molecule has 2 aromatic carbocycles. The van der Waals surface area contributed by atoms with Gasteiger partial charge in [-0.2, -0.15) is 0 Å². The first-order valence-electron chi connectivity index (χ1n) is 6.77. The maximum atomic E-state index is 11.3. The van der Waals surface area contributed by atoms with Gasteiger partial charge in [-0.3, -0.25) is 0 Å². The van der Waals surface area contributed by atoms with Gasteiger partial charge in [0.2, 0.25) is 0 Å². The molecule has 21 heavy (non-hydrogen) atoms. The normalized spacial score (nSPS) is 12.5. The number of anilines is 1. The molecule has 3 N–H and O–H groups in total. The number of aromatic nitrogens is 2. The number of halogens is 1. The first-order chi connectivity index (χ1) is 10.0. The third-order valence-corrected chi connectivity index (χ3v) is 4.10. The number of H-pyrrole nitrogens is 2. The van der Waals surface area contributed by atoms with Gasteiger partial charge in [-0.1, -0.05) is 28.1 Å². The average molecular weight is 346 g/mol. The van der Waals surface area contributed by atoms with Crippen molar-refractivity contribution in [3.8, 4) is 0 Å². The molecule has 0 aliphatic heterocycles. The van der Waals surface area contributed by atoms with Crippen molar-refractivity contribution in [2.24, 2.45) is 0 Å². The smallest absolute Gasteiger partial charge is 0.323 e. The molecular formula is C16H16BrN3O. The van der Waals surface area contributed by atoms with Crippen LogP contribution in [0.5, 0.6) is 0 Å². The molecule has 0 spiro atoms. The predicted molar refractivity (Wildman–Crippen MR) is 89.8 cm³/mol. The summed E-state index contributed by atoms with van der Waals surface area (Å²) in [6, 6.07) is 12.3. The number of hydrogen-bond acceptors (Lipinski definition) is 2. The van der Waals surface area contributed by atoms with E-state index in [1.165, 1.54) is 5.56 Å². The highest BCUT2D eigenvalue weighted by Crippen LogP contribution is 2.26. The lowest BCUT2D eigenvalue weighted by atomic mass is 10.1. The van der Waals surface area contributed by atoms with E-state index in [-0.39, 0.29) is 11.7 Å². The number of imidazole rings is 1. The van der Waals surface area contributed by atoms with Gasteiger partial charge in [-0.15, -0.1) is 0 Å². The quantitative estimate of drug-likeness (QED) is 0.669. The van der Waals surface area contributed by atoms with Crippen LogP contribution in [0.4, 0.5) is 5.69 Å². The molecule has 5 heteroatoms. The zero-order valence-corrected chi connectivity index (χ0v) is 13.4. The molecule has 0 amide bonds. The summed E-state index contributed by atoms with van der Waals surface area (Å²) in [4.78, 5) is 16.9. The van der Waals surface area contributed by atoms with E-state index in [4.69, 9.17) is 0 Å². The minimum absolute atomic E-state index is 0.140. The van der Waals surface area contributed by atoms with Crippen molar-refractivity contribution in [3.05, 3.63) is 62.5 Å². The molecule has 1 unspecified atom stereocenters. The second-order valence-electron chi connectivity index (χ2n) is 5.21. The van der Waals surface area contributed by atoms with Crippen LogP contribution < -0.4 is 11.0 Å². The second kappa shape index (κ2) is 5.41. The van der Waals surface area contributed by atoms with Crippen molar-refractivity contribution in [3.63, 3.8) is 0 Å². The second-order valence-corrected chi connectivity index (χ2v) is 6.13. The number of rotatable bonds is 3. The largest absolute Gasteiger partial charge is 0.378 e. The Hall–Kier alpha value is -2.01. The van der Waals surface area contributed by atoms with E-state index in [0.29, 0.717) is 0 Å². The van der Waals surface area contributed by atoms with Gasteiger partial charge < -0.3 is 15.3 Å². The standard InChI is InChI=1S/C16H16BrN3O/c1-9-3-5-12(17)8-14(9)18-10(2)11-4-6-13-15(7-11)20-16(21)19-13/h3-8,10,18H,1-2H3,(H2,19,20,21). The zero-order chi connectivity index (χ0) is 15.0. The van der Waals surface area contributed by atoms with Crippen LogP contribution in [0.3, 0.4) is 0 Å². The maximum Gasteiger partial charge on any atom is 0.323 e. The molecule has 0 radical (unpaired) electrons. The summed E-state index contributed by atoms with van der Waals surface area (Å²) in [7, 11) is 0. The number of nitrogens with one attached hydrogen (secondary N) is 3. The van der Waals surface area contributed by atoms with Gasteiger partial charge in [0.05, 0.1) is 11.0 Å². The van der Waals surface area contributed by atoms with E-state index in [1.54, 1.807) is 0 Å². The minimum atomic E-state index is -0.175. The van der Waals surface area contributed by atoms with Gasteiger partial charge in [0.15, 0.2) is 0 Å². The molecule has 3 aromatic rings. The van der Waals surface area contributed by atoms with Crippen molar-refractivity contribution in [1.29, 1.82) is 0 Å². The molecule has 0 saturated heterocycles. The molecule has 4 nitrogen and oxygen atoms in total. The predicted octanol–water partition coefficient (Wildman–Crippen LogP) is 4.10. The minimum Gasteiger partial charge on any atom is -0.378 e. The average Bonchev–Trinajstić information content (AvgIpc) is 2.81. The molecule has 1 aromatic heterocycles. The first kappa shape index (κ1) is 13.9. The van der Waals surface area contributed by atoms with E-state index in [2.05, 4.69) is 57.2 Å². The lowest BCUT2D eigenvalue weighted by molar-refractivity contribution is 0.884. The molecule has 108 valence electrons. The van der Waals surface area contributed by atoms with Crippen molar-refractivity contribution < 1.29 is 0 Å². The summed E-state index contributed by atoms with van der Waals surface area (Å²) >= 11 is 3.49. The first-order valence-corrected chi connectivity index (χ1v) is 7.57. The van der Waals surface area contributed by atoms with E-state index >= 15 is 0 Å². The summed E-state index contributed by atoms with van der Waals surface area (Å²) in [6.45, 7) is 4.18. The van der Waals surface area contributed by atoms with Crippen LogP contribution in [0, 0.1) is 6.92 Å². The summed E-state index contributed by atoms with van der Waals surface area (Å²) in [5, 5.41) is 3.51. The lowest BCUT2D eigenvalue weighted by Gasteiger charge is -2.18. The van der Waals surface area contributed by atoms with Crippen molar-refractivity contribution in [2.75, 3.05) is 5.32 Å². The Labute approximate surface area is 130 Å². The van der Waals surface area contributed by atoms with Crippen molar-refractivity contribution >= 4 is 32.7 Å². The van der Waals surface area contributed by atoms with Gasteiger partial charge >= 0.3 is 5.69 Å². The highest BCUT2D eigenvalue weighted by molar-refractivity contribution is 9.10. The SMILES string of the molecule is Cc1ccc(Br)cc1NC(C)c1ccc2[nH]c(=O)[nH]c2c1. The highest BCUT2D eigenvalue weighted by atomic mass is 79.9. The van der Waals surface area contributed by atoms with Crippen molar-refractivity contribution in [2.45, 2.75) is 19.9 Å². The summed E-state index contributed by atoms with van der Waals surface area (Å²) in [5.74, 6) is 0. The van der Waals surface area contributed by atoms with Crippen LogP contribution in [-0.4, -0.2) is 9.97 Å². The van der Waals surface area contributed by atoms with E-state index < -0.39 is 0 Å². The molecule has 0 aliphatic rings. The Kier molecular flexibility index (Phi) is 3.59. The fourth-order valence-electron chi connectivity index (χ4n) is 2.39. The van der Waals surface area contributed by atoms with Crippen molar-refractivity contribution in [1.82, 2.24) is 9.97 Å². The van der Waals surface area contributed by atoms with Gasteiger partial charge in [0.1, 0.15) is 0 Å². The number of aromatic amines is 2. The Morgan fingerprint density at radius 3 is 2.67 bits per heavy atom. The maximum absolute atomic E-state index is 11.3. The van der Waals surface area contributed by atoms with E-state index in [1.807, 2.05) is 24.3 Å². The van der Waals surface area contributed by atoms with Gasteiger partial charge in [-0.05, 0) is 49.2 Å². The third kappa shape index (κ3) is 2.88.